The molecule has 0 saturated heterocycles. The Bertz CT molecular complexity index is 1560. The Balaban J connectivity index is 1.62. The molecule has 0 aliphatic carbocycles. The molecule has 0 saturated carbocycles. The van der Waals surface area contributed by atoms with Crippen molar-refractivity contribution >= 4 is 33.8 Å². The van der Waals surface area contributed by atoms with Crippen molar-refractivity contribution in [1.82, 2.24) is 0 Å². The predicted octanol–water partition coefficient (Wildman–Crippen LogP) is 9.28. The van der Waals surface area contributed by atoms with E-state index in [0.29, 0.717) is 0 Å². The van der Waals surface area contributed by atoms with Gasteiger partial charge < -0.3 is 10.0 Å². The molecule has 0 heterocycles. The van der Waals surface area contributed by atoms with E-state index in [9.17, 15) is 9.90 Å². The van der Waals surface area contributed by atoms with Crippen molar-refractivity contribution < 1.29 is 9.90 Å². The predicted molar refractivity (Wildman–Crippen MR) is 154 cm³/mol. The minimum Gasteiger partial charge on any atom is -0.478 e. The molecule has 0 aliphatic rings. The smallest absolute Gasteiger partial charge is 0.335 e. The van der Waals surface area contributed by atoms with E-state index < -0.39 is 5.97 Å². The summed E-state index contributed by atoms with van der Waals surface area (Å²) in [6.45, 7) is 8.85. The molecule has 0 aliphatic heterocycles. The molecule has 0 spiro atoms. The molecule has 5 aromatic carbocycles. The molecule has 0 amide bonds. The minimum absolute atomic E-state index is 0.0811. The number of nitrogens with zero attached hydrogens (tertiary/aromatic N) is 1. The number of benzene rings is 5. The second-order valence-electron chi connectivity index (χ2n) is 10.5. The molecule has 0 radical (unpaired) electrons. The summed E-state index contributed by atoms with van der Waals surface area (Å²) in [4.78, 5) is 13.5. The minimum atomic E-state index is -0.916. The van der Waals surface area contributed by atoms with Crippen LogP contribution in [0.3, 0.4) is 0 Å². The number of rotatable bonds is 5. The third-order valence-electron chi connectivity index (χ3n) is 6.94. The first-order chi connectivity index (χ1) is 17.7. The summed E-state index contributed by atoms with van der Waals surface area (Å²) in [6.07, 6.45) is 0. The fraction of sp³-hybridized carbons (Fsp3) is 0.147. The maximum Gasteiger partial charge on any atom is 0.335 e. The zero-order valence-corrected chi connectivity index (χ0v) is 21.7. The van der Waals surface area contributed by atoms with Crippen LogP contribution in [0, 0.1) is 6.92 Å². The van der Waals surface area contributed by atoms with E-state index >= 15 is 0 Å². The Labute approximate surface area is 218 Å². The van der Waals surface area contributed by atoms with Crippen LogP contribution in [-0.2, 0) is 5.41 Å². The van der Waals surface area contributed by atoms with E-state index in [4.69, 9.17) is 0 Å². The first-order valence-corrected chi connectivity index (χ1v) is 12.6. The van der Waals surface area contributed by atoms with E-state index in [0.717, 1.165) is 28.2 Å². The van der Waals surface area contributed by atoms with Gasteiger partial charge in [-0.05, 0) is 82.4 Å². The van der Waals surface area contributed by atoms with E-state index in [1.807, 2.05) is 12.1 Å². The largest absolute Gasteiger partial charge is 0.478 e. The van der Waals surface area contributed by atoms with Crippen molar-refractivity contribution in [1.29, 1.82) is 0 Å². The summed E-state index contributed by atoms with van der Waals surface area (Å²) >= 11 is 0. The Morgan fingerprint density at radius 1 is 0.649 bits per heavy atom. The van der Waals surface area contributed by atoms with Crippen molar-refractivity contribution in [3.05, 3.63) is 126 Å². The molecular weight excluding hydrogens is 454 g/mol. The highest BCUT2D eigenvalue weighted by molar-refractivity contribution is 6.00. The number of hydrogen-bond acceptors (Lipinski definition) is 2. The average molecular weight is 486 g/mol. The monoisotopic (exact) mass is 485 g/mol. The van der Waals surface area contributed by atoms with Gasteiger partial charge >= 0.3 is 5.97 Å². The van der Waals surface area contributed by atoms with Gasteiger partial charge in [0, 0.05) is 16.8 Å². The number of carboxylic acid groups (broad SMARTS) is 1. The fourth-order valence-electron chi connectivity index (χ4n) is 4.79. The van der Waals surface area contributed by atoms with Gasteiger partial charge in [-0.3, -0.25) is 0 Å². The number of hydrogen-bond donors (Lipinski definition) is 1. The van der Waals surface area contributed by atoms with Crippen LogP contribution in [0.25, 0.3) is 21.9 Å². The van der Waals surface area contributed by atoms with E-state index in [-0.39, 0.29) is 11.0 Å². The van der Waals surface area contributed by atoms with E-state index in [1.165, 1.54) is 21.9 Å². The van der Waals surface area contributed by atoms with Crippen LogP contribution in [0.2, 0.25) is 0 Å². The van der Waals surface area contributed by atoms with Gasteiger partial charge in [0.25, 0.3) is 0 Å². The normalized spacial score (nSPS) is 11.5. The van der Waals surface area contributed by atoms with Gasteiger partial charge in [0.2, 0.25) is 0 Å². The lowest BCUT2D eigenvalue weighted by atomic mass is 9.87. The highest BCUT2D eigenvalue weighted by atomic mass is 16.4. The first-order valence-electron chi connectivity index (χ1n) is 12.6. The summed E-state index contributed by atoms with van der Waals surface area (Å²) in [5.74, 6) is -0.916. The van der Waals surface area contributed by atoms with Crippen LogP contribution in [-0.4, -0.2) is 11.1 Å². The molecule has 0 fully saturated rings. The molecule has 5 rings (SSSR count). The second-order valence-corrected chi connectivity index (χ2v) is 10.5. The highest BCUT2D eigenvalue weighted by Gasteiger charge is 2.18. The zero-order valence-electron chi connectivity index (χ0n) is 21.7. The number of aryl methyl sites for hydroxylation is 1. The number of carboxylic acids is 1. The van der Waals surface area contributed by atoms with Crippen LogP contribution in [0.15, 0.2) is 109 Å². The van der Waals surface area contributed by atoms with Crippen molar-refractivity contribution in [2.24, 2.45) is 0 Å². The third-order valence-corrected chi connectivity index (χ3v) is 6.94. The molecule has 184 valence electrons. The lowest BCUT2D eigenvalue weighted by Gasteiger charge is -2.28. The second kappa shape index (κ2) is 9.59. The highest BCUT2D eigenvalue weighted by Crippen LogP contribution is 2.40. The quantitative estimate of drug-likeness (QED) is 0.270. The number of carbonyl (C=O) groups is 1. The molecule has 37 heavy (non-hydrogen) atoms. The summed E-state index contributed by atoms with van der Waals surface area (Å²) in [7, 11) is 0. The number of fused-ring (bicyclic) bond motifs is 1. The number of anilines is 3. The van der Waals surface area contributed by atoms with Gasteiger partial charge in [0.1, 0.15) is 0 Å². The average Bonchev–Trinajstić information content (AvgIpc) is 2.90. The summed E-state index contributed by atoms with van der Waals surface area (Å²) in [6, 6.07) is 37.2. The van der Waals surface area contributed by atoms with Crippen LogP contribution >= 0.6 is 0 Å². The van der Waals surface area contributed by atoms with Crippen LogP contribution in [0.4, 0.5) is 17.1 Å². The summed E-state index contributed by atoms with van der Waals surface area (Å²) < 4.78 is 0. The third kappa shape index (κ3) is 4.85. The SMILES string of the molecule is Cc1cccc2c(N(c3ccc(-c4ccc(C(=O)O)cc4)cc3)c3ccc(C(C)(C)C)cc3)cccc12. The maximum atomic E-state index is 11.2. The van der Waals surface area contributed by atoms with Crippen LogP contribution in [0.1, 0.15) is 42.3 Å². The molecule has 3 heteroatoms. The number of aromatic carboxylic acids is 1. The van der Waals surface area contributed by atoms with Crippen LogP contribution < -0.4 is 4.90 Å². The standard InChI is InChI=1S/C34H31NO2/c1-23-7-5-9-31-30(23)8-6-10-32(31)35(29-21-17-27(18-22-29)34(2,3)4)28-19-15-25(16-20-28)24-11-13-26(14-12-24)33(36)37/h5-22H,1-4H3,(H,36,37). The Hall–Kier alpha value is -4.37. The molecule has 0 atom stereocenters. The van der Waals surface area contributed by atoms with Gasteiger partial charge in [-0.2, -0.15) is 0 Å². The Morgan fingerprint density at radius 3 is 1.73 bits per heavy atom. The van der Waals surface area contributed by atoms with Gasteiger partial charge in [0.05, 0.1) is 11.3 Å². The van der Waals surface area contributed by atoms with E-state index in [1.54, 1.807) is 12.1 Å². The molecule has 5 aromatic rings. The fourth-order valence-corrected chi connectivity index (χ4v) is 4.79. The van der Waals surface area contributed by atoms with Crippen molar-refractivity contribution in [2.45, 2.75) is 33.1 Å². The van der Waals surface area contributed by atoms with E-state index in [2.05, 4.69) is 118 Å². The maximum absolute atomic E-state index is 11.2. The Morgan fingerprint density at radius 2 is 1.16 bits per heavy atom. The van der Waals surface area contributed by atoms with Gasteiger partial charge in [-0.1, -0.05) is 87.5 Å². The molecule has 0 aromatic heterocycles. The summed E-state index contributed by atoms with van der Waals surface area (Å²) in [5.41, 5.74) is 8.23. The Kier molecular flexibility index (Phi) is 6.31. The zero-order chi connectivity index (χ0) is 26.2. The topological polar surface area (TPSA) is 40.5 Å². The lowest BCUT2D eigenvalue weighted by Crippen LogP contribution is -2.13. The molecule has 1 N–H and O–H groups in total. The molecule has 0 bridgehead atoms. The van der Waals surface area contributed by atoms with Gasteiger partial charge in [-0.15, -0.1) is 0 Å². The van der Waals surface area contributed by atoms with Gasteiger partial charge in [-0.25, -0.2) is 4.79 Å². The van der Waals surface area contributed by atoms with Crippen molar-refractivity contribution in [3.63, 3.8) is 0 Å². The van der Waals surface area contributed by atoms with Crippen molar-refractivity contribution in [3.8, 4) is 11.1 Å². The molecule has 3 nitrogen and oxygen atoms in total. The summed E-state index contributed by atoms with van der Waals surface area (Å²) in [5, 5.41) is 11.7. The van der Waals surface area contributed by atoms with Crippen molar-refractivity contribution in [2.75, 3.05) is 4.90 Å². The van der Waals surface area contributed by atoms with Crippen LogP contribution in [0.5, 0.6) is 0 Å². The first kappa shape index (κ1) is 24.3. The molecule has 0 unspecified atom stereocenters. The lowest BCUT2D eigenvalue weighted by molar-refractivity contribution is 0.0697. The van der Waals surface area contributed by atoms with Gasteiger partial charge in [0.15, 0.2) is 0 Å². The molecular formula is C34H31NO2.